The summed E-state index contributed by atoms with van der Waals surface area (Å²) in [6.07, 6.45) is -2.72. The van der Waals surface area contributed by atoms with Crippen LogP contribution in [-0.4, -0.2) is 56.7 Å². The number of rotatable bonds is 5. The Hall–Kier alpha value is -3.53. The van der Waals surface area contributed by atoms with E-state index in [0.717, 1.165) is 0 Å². The fourth-order valence-corrected chi connectivity index (χ4v) is 5.52. The number of fused-ring (bicyclic) bond motifs is 2. The summed E-state index contributed by atoms with van der Waals surface area (Å²) in [5.41, 5.74) is 4.94. The molecule has 2 aliphatic heterocycles. The van der Waals surface area contributed by atoms with Crippen molar-refractivity contribution in [2.75, 3.05) is 18.9 Å². The third-order valence-electron chi connectivity index (χ3n) is 5.68. The van der Waals surface area contributed by atoms with Crippen molar-refractivity contribution in [2.24, 2.45) is 0 Å². The molecule has 3 N–H and O–H groups in total. The number of aliphatic hydroxyl groups is 1. The zero-order chi connectivity index (χ0) is 24.8. The topological polar surface area (TPSA) is 181 Å². The number of aromatic nitrogens is 3. The molecular weight excluding hydrogens is 481 g/mol. The molecule has 35 heavy (non-hydrogen) atoms. The van der Waals surface area contributed by atoms with Gasteiger partial charge in [0.1, 0.15) is 54.1 Å². The second-order valence-corrected chi connectivity index (χ2v) is 9.33. The lowest BCUT2D eigenvalue weighted by atomic mass is 9.96. The van der Waals surface area contributed by atoms with Crippen LogP contribution in [-0.2, 0) is 23.1 Å². The zero-order valence-corrected chi connectivity index (χ0v) is 19.2. The number of phosphoric ester groups is 1. The molecule has 0 aliphatic carbocycles. The number of nitriles is 1. The Labute approximate surface area is 198 Å². The van der Waals surface area contributed by atoms with E-state index in [-0.39, 0.29) is 23.7 Å². The van der Waals surface area contributed by atoms with Crippen molar-refractivity contribution >= 4 is 25.1 Å². The molecule has 0 radical (unpaired) electrons. The maximum atomic E-state index is 13.4. The van der Waals surface area contributed by atoms with Crippen LogP contribution in [0.15, 0.2) is 42.7 Å². The number of benzene rings is 1. The van der Waals surface area contributed by atoms with E-state index < -0.39 is 44.3 Å². The summed E-state index contributed by atoms with van der Waals surface area (Å²) < 4.78 is 42.1. The van der Waals surface area contributed by atoms with Crippen LogP contribution in [0.1, 0.15) is 29.1 Å². The number of para-hydroxylation sites is 1. The van der Waals surface area contributed by atoms with Crippen LogP contribution in [0, 0.1) is 11.3 Å². The van der Waals surface area contributed by atoms with Crippen LogP contribution in [0.5, 0.6) is 5.75 Å². The van der Waals surface area contributed by atoms with Gasteiger partial charge in [-0.3, -0.25) is 9.05 Å². The van der Waals surface area contributed by atoms with Crippen molar-refractivity contribution < 1.29 is 37.5 Å². The van der Waals surface area contributed by atoms with Crippen LogP contribution in [0.4, 0.5) is 5.82 Å². The van der Waals surface area contributed by atoms with Crippen LogP contribution in [0.3, 0.4) is 0 Å². The summed E-state index contributed by atoms with van der Waals surface area (Å²) in [6.45, 7) is 1.24. The zero-order valence-electron chi connectivity index (χ0n) is 18.3. The summed E-state index contributed by atoms with van der Waals surface area (Å²) >= 11 is 0. The lowest BCUT2D eigenvalue weighted by Crippen LogP contribution is -2.50. The molecular formula is C21H20N5O8P. The minimum Gasteiger partial charge on any atom is -0.462 e. The Kier molecular flexibility index (Phi) is 5.71. The second-order valence-electron chi connectivity index (χ2n) is 7.79. The lowest BCUT2D eigenvalue weighted by Gasteiger charge is -2.35. The van der Waals surface area contributed by atoms with Crippen molar-refractivity contribution in [2.45, 2.75) is 30.8 Å². The molecule has 182 valence electrons. The Morgan fingerprint density at radius 1 is 1.40 bits per heavy atom. The normalized spacial score (nSPS) is 29.9. The van der Waals surface area contributed by atoms with Gasteiger partial charge in [0.15, 0.2) is 5.82 Å². The van der Waals surface area contributed by atoms with Gasteiger partial charge in [-0.15, -0.1) is 0 Å². The van der Waals surface area contributed by atoms with E-state index in [2.05, 4.69) is 10.1 Å². The Morgan fingerprint density at radius 3 is 2.97 bits per heavy atom. The van der Waals surface area contributed by atoms with E-state index in [4.69, 9.17) is 28.8 Å². The highest BCUT2D eigenvalue weighted by Gasteiger charge is 2.64. The number of carbonyl (C=O) groups excluding carboxylic acids is 1. The minimum absolute atomic E-state index is 0.00641. The molecule has 1 unspecified atom stereocenters. The van der Waals surface area contributed by atoms with Gasteiger partial charge in [0, 0.05) is 0 Å². The van der Waals surface area contributed by atoms with Gasteiger partial charge in [-0.2, -0.15) is 10.4 Å². The number of ether oxygens (including phenoxy) is 2. The van der Waals surface area contributed by atoms with Crippen LogP contribution < -0.4 is 10.3 Å². The highest BCUT2D eigenvalue weighted by Crippen LogP contribution is 2.60. The molecule has 13 nitrogen and oxygen atoms in total. The number of hydrogen-bond acceptors (Lipinski definition) is 12. The van der Waals surface area contributed by atoms with Gasteiger partial charge >= 0.3 is 13.8 Å². The number of aliphatic hydroxyl groups excluding tert-OH is 1. The Balaban J connectivity index is 1.44. The summed E-state index contributed by atoms with van der Waals surface area (Å²) in [4.78, 5) is 16.2. The summed E-state index contributed by atoms with van der Waals surface area (Å²) in [7, 11) is -4.39. The van der Waals surface area contributed by atoms with Gasteiger partial charge in [0.2, 0.25) is 5.60 Å². The van der Waals surface area contributed by atoms with E-state index in [1.165, 1.54) is 23.0 Å². The fourth-order valence-electron chi connectivity index (χ4n) is 4.04. The number of carbonyl (C=O) groups is 1. The summed E-state index contributed by atoms with van der Waals surface area (Å²) in [5.74, 6) is -0.582. The SMILES string of the molecule is CCOC(=O)c1ccccc1OP1(=O)OC[C@@]2(C#N)O[C@@H](c3ccc4c(N)ncnn34)[C@H](O)[C@@H]2O1. The summed E-state index contributed by atoms with van der Waals surface area (Å²) in [5, 5.41) is 25.1. The first-order valence-corrected chi connectivity index (χ1v) is 12.0. The maximum Gasteiger partial charge on any atom is 0.530 e. The number of nitrogen functional groups attached to an aromatic ring is 1. The first kappa shape index (κ1) is 23.2. The van der Waals surface area contributed by atoms with E-state index in [9.17, 15) is 19.7 Å². The van der Waals surface area contributed by atoms with Crippen molar-refractivity contribution in [3.8, 4) is 11.8 Å². The van der Waals surface area contributed by atoms with Gasteiger partial charge in [-0.05, 0) is 31.2 Å². The molecule has 3 aromatic rings. The average molecular weight is 501 g/mol. The molecule has 5 rings (SSSR count). The van der Waals surface area contributed by atoms with Gasteiger partial charge < -0.3 is 24.8 Å². The number of phosphoric acid groups is 1. The van der Waals surface area contributed by atoms with Gasteiger partial charge in [-0.1, -0.05) is 12.1 Å². The van der Waals surface area contributed by atoms with Gasteiger partial charge in [0.25, 0.3) is 0 Å². The quantitative estimate of drug-likeness (QED) is 0.383. The number of nitrogens with zero attached hydrogens (tertiary/aromatic N) is 4. The van der Waals surface area contributed by atoms with Crippen LogP contribution in [0.25, 0.3) is 5.52 Å². The molecule has 14 heteroatoms. The molecule has 2 aliphatic rings. The van der Waals surface area contributed by atoms with Crippen LogP contribution in [0.2, 0.25) is 0 Å². The molecule has 2 aromatic heterocycles. The monoisotopic (exact) mass is 501 g/mol. The number of esters is 1. The van der Waals surface area contributed by atoms with Crippen molar-refractivity contribution in [1.29, 1.82) is 5.26 Å². The van der Waals surface area contributed by atoms with Crippen molar-refractivity contribution in [1.82, 2.24) is 14.6 Å². The van der Waals surface area contributed by atoms with E-state index in [1.54, 1.807) is 31.2 Å². The Bertz CT molecular complexity index is 1390. The average Bonchev–Trinajstić information content (AvgIpc) is 3.40. The highest BCUT2D eigenvalue weighted by molar-refractivity contribution is 7.49. The highest BCUT2D eigenvalue weighted by atomic mass is 31.2. The number of nitrogens with two attached hydrogens (primary N) is 1. The molecule has 0 bridgehead atoms. The molecule has 2 fully saturated rings. The van der Waals surface area contributed by atoms with Crippen LogP contribution >= 0.6 is 7.82 Å². The summed E-state index contributed by atoms with van der Waals surface area (Å²) in [6, 6.07) is 11.2. The first-order chi connectivity index (χ1) is 16.8. The molecule has 0 saturated carbocycles. The van der Waals surface area contributed by atoms with E-state index in [1.807, 2.05) is 6.07 Å². The van der Waals surface area contributed by atoms with Crippen molar-refractivity contribution in [3.05, 3.63) is 54.0 Å². The molecule has 1 aromatic carbocycles. The third-order valence-corrected chi connectivity index (χ3v) is 7.03. The minimum atomic E-state index is -4.39. The van der Waals surface area contributed by atoms with Crippen molar-refractivity contribution in [3.63, 3.8) is 0 Å². The number of hydrogen-bond donors (Lipinski definition) is 2. The molecule has 5 atom stereocenters. The van der Waals surface area contributed by atoms with Gasteiger partial charge in [-0.25, -0.2) is 18.9 Å². The largest absolute Gasteiger partial charge is 0.530 e. The van der Waals surface area contributed by atoms with Gasteiger partial charge in [0.05, 0.1) is 12.3 Å². The predicted octanol–water partition coefficient (Wildman–Crippen LogP) is 1.79. The molecule has 0 amide bonds. The second kappa shape index (κ2) is 8.60. The number of anilines is 1. The molecule has 4 heterocycles. The third kappa shape index (κ3) is 3.81. The maximum absolute atomic E-state index is 13.4. The standard InChI is InChI=1S/C21H20N5O8P/c1-2-30-20(28)12-5-3-4-6-15(12)33-35(29)31-10-21(9-22)18(34-35)16(27)17(32-21)13-7-8-14-19(23)24-11-25-26(13)14/h3-8,11,16-18,27H,2,10H2,1H3,(H2,23,24,25)/t16-,17-,18-,21+,35?/m0/s1. The molecule has 2 saturated heterocycles. The lowest BCUT2D eigenvalue weighted by molar-refractivity contribution is -0.0982. The first-order valence-electron chi connectivity index (χ1n) is 10.5. The Morgan fingerprint density at radius 2 is 2.20 bits per heavy atom. The molecule has 0 spiro atoms. The smallest absolute Gasteiger partial charge is 0.462 e. The predicted molar refractivity (Wildman–Crippen MR) is 117 cm³/mol. The fraction of sp³-hybridized carbons (Fsp3) is 0.333. The van der Waals surface area contributed by atoms with E-state index in [0.29, 0.717) is 11.2 Å². The van der Waals surface area contributed by atoms with E-state index >= 15 is 0 Å².